The second-order valence-corrected chi connectivity index (χ2v) is 8.32. The van der Waals surface area contributed by atoms with E-state index in [2.05, 4.69) is 20.8 Å². The van der Waals surface area contributed by atoms with Gasteiger partial charge in [0.05, 0.1) is 5.75 Å². The summed E-state index contributed by atoms with van der Waals surface area (Å²) in [5.74, 6) is 0.584. The number of nitrogens with zero attached hydrogens (tertiary/aromatic N) is 3. The highest BCUT2D eigenvalue weighted by molar-refractivity contribution is 7.99. The number of hydrogen-bond acceptors (Lipinski definition) is 5. The molecule has 170 valence electrons. The molecule has 0 aliphatic rings. The summed E-state index contributed by atoms with van der Waals surface area (Å²) >= 11 is 1.32. The summed E-state index contributed by atoms with van der Waals surface area (Å²) in [6.07, 6.45) is 3.27. The molecular weight excluding hydrogens is 446 g/mol. The molecule has 3 aromatic carbocycles. The quantitative estimate of drug-likeness (QED) is 0.284. The van der Waals surface area contributed by atoms with E-state index in [0.29, 0.717) is 16.7 Å². The van der Waals surface area contributed by atoms with Crippen LogP contribution in [0.15, 0.2) is 96.2 Å². The minimum Gasteiger partial charge on any atom is -0.325 e. The lowest BCUT2D eigenvalue weighted by atomic mass is 10.2. The number of nitrogens with one attached hydrogen (secondary N) is 2. The number of rotatable bonds is 8. The number of aromatic nitrogens is 3. The topological polar surface area (TPSA) is 88.9 Å². The predicted octanol–water partition coefficient (Wildman–Crippen LogP) is 4.86. The Hall–Kier alpha value is -4.17. The Labute approximate surface area is 201 Å². The first-order valence-corrected chi connectivity index (χ1v) is 11.6. The molecular formula is C26H23N5O2S. The van der Waals surface area contributed by atoms with Gasteiger partial charge in [-0.1, -0.05) is 60.3 Å². The lowest BCUT2D eigenvalue weighted by Gasteiger charge is -2.06. The predicted molar refractivity (Wildman–Crippen MR) is 136 cm³/mol. The fraction of sp³-hybridized carbons (Fsp3) is 0.0769. The Morgan fingerprint density at radius 3 is 2.21 bits per heavy atom. The number of para-hydroxylation sites is 1. The zero-order valence-electron chi connectivity index (χ0n) is 18.5. The van der Waals surface area contributed by atoms with E-state index in [-0.39, 0.29) is 17.6 Å². The summed E-state index contributed by atoms with van der Waals surface area (Å²) in [5, 5.41) is 14.8. The van der Waals surface area contributed by atoms with Crippen molar-refractivity contribution in [3.05, 3.63) is 96.6 Å². The van der Waals surface area contributed by atoms with Gasteiger partial charge < -0.3 is 15.2 Å². The largest absolute Gasteiger partial charge is 0.325 e. The minimum atomic E-state index is -0.206. The maximum absolute atomic E-state index is 12.2. The summed E-state index contributed by atoms with van der Waals surface area (Å²) in [6.45, 7) is 0. The second-order valence-electron chi connectivity index (χ2n) is 7.38. The summed E-state index contributed by atoms with van der Waals surface area (Å²) < 4.78 is 1.84. The zero-order chi connectivity index (χ0) is 23.8. The first kappa shape index (κ1) is 23.0. The number of amides is 2. The first-order valence-electron chi connectivity index (χ1n) is 10.6. The summed E-state index contributed by atoms with van der Waals surface area (Å²) in [7, 11) is 1.86. The molecule has 2 N–H and O–H groups in total. The van der Waals surface area contributed by atoms with Crippen LogP contribution in [-0.4, -0.2) is 32.3 Å². The number of hydrogen-bond donors (Lipinski definition) is 2. The maximum Gasteiger partial charge on any atom is 0.248 e. The molecule has 34 heavy (non-hydrogen) atoms. The molecule has 8 heteroatoms. The van der Waals surface area contributed by atoms with Gasteiger partial charge in [0.25, 0.3) is 0 Å². The van der Waals surface area contributed by atoms with Crippen LogP contribution < -0.4 is 10.6 Å². The van der Waals surface area contributed by atoms with Gasteiger partial charge in [-0.2, -0.15) is 0 Å². The highest BCUT2D eigenvalue weighted by Gasteiger charge is 2.13. The van der Waals surface area contributed by atoms with E-state index in [1.807, 2.05) is 96.5 Å². The van der Waals surface area contributed by atoms with Gasteiger partial charge in [0.1, 0.15) is 0 Å². The molecule has 0 atom stereocenters. The van der Waals surface area contributed by atoms with Crippen LogP contribution in [0.3, 0.4) is 0 Å². The van der Waals surface area contributed by atoms with Gasteiger partial charge in [0.2, 0.25) is 11.8 Å². The minimum absolute atomic E-state index is 0.109. The van der Waals surface area contributed by atoms with Crippen molar-refractivity contribution in [3.8, 4) is 11.4 Å². The third-order valence-corrected chi connectivity index (χ3v) is 5.88. The van der Waals surface area contributed by atoms with E-state index < -0.39 is 0 Å². The van der Waals surface area contributed by atoms with Gasteiger partial charge in [-0.25, -0.2) is 0 Å². The van der Waals surface area contributed by atoms with Crippen LogP contribution in [0.4, 0.5) is 11.4 Å². The van der Waals surface area contributed by atoms with Crippen molar-refractivity contribution < 1.29 is 9.59 Å². The van der Waals surface area contributed by atoms with E-state index >= 15 is 0 Å². The maximum atomic E-state index is 12.2. The average Bonchev–Trinajstić information content (AvgIpc) is 3.23. The van der Waals surface area contributed by atoms with Crippen LogP contribution in [0.5, 0.6) is 0 Å². The molecule has 0 aliphatic carbocycles. The molecule has 4 rings (SSSR count). The van der Waals surface area contributed by atoms with Crippen molar-refractivity contribution in [1.29, 1.82) is 0 Å². The van der Waals surface area contributed by atoms with Crippen LogP contribution in [-0.2, 0) is 16.6 Å². The van der Waals surface area contributed by atoms with E-state index in [0.717, 1.165) is 16.8 Å². The van der Waals surface area contributed by atoms with E-state index in [1.165, 1.54) is 17.8 Å². The van der Waals surface area contributed by atoms with E-state index in [9.17, 15) is 9.59 Å². The number of anilines is 2. The highest BCUT2D eigenvalue weighted by Crippen LogP contribution is 2.24. The fourth-order valence-electron chi connectivity index (χ4n) is 3.16. The lowest BCUT2D eigenvalue weighted by Crippen LogP contribution is -2.14. The van der Waals surface area contributed by atoms with Crippen molar-refractivity contribution >= 4 is 41.0 Å². The van der Waals surface area contributed by atoms with Gasteiger partial charge in [-0.3, -0.25) is 9.59 Å². The van der Waals surface area contributed by atoms with Crippen LogP contribution in [0.2, 0.25) is 0 Å². The Balaban J connectivity index is 1.33. The Bertz CT molecular complexity index is 1290. The van der Waals surface area contributed by atoms with E-state index in [4.69, 9.17) is 0 Å². The van der Waals surface area contributed by atoms with Gasteiger partial charge in [-0.15, -0.1) is 10.2 Å². The van der Waals surface area contributed by atoms with Crippen LogP contribution in [0.25, 0.3) is 17.5 Å². The number of carbonyl (C=O) groups excluding carboxylic acids is 2. The number of benzene rings is 3. The molecule has 2 amide bonds. The molecule has 0 fully saturated rings. The van der Waals surface area contributed by atoms with Crippen molar-refractivity contribution in [1.82, 2.24) is 14.8 Å². The molecule has 0 unspecified atom stereocenters. The Kier molecular flexibility index (Phi) is 7.52. The zero-order valence-corrected chi connectivity index (χ0v) is 19.3. The molecule has 0 saturated carbocycles. The van der Waals surface area contributed by atoms with Crippen LogP contribution in [0, 0.1) is 0 Å². The molecule has 0 spiro atoms. The summed E-state index contributed by atoms with van der Waals surface area (Å²) in [4.78, 5) is 24.4. The van der Waals surface area contributed by atoms with Gasteiger partial charge in [0, 0.05) is 30.1 Å². The monoisotopic (exact) mass is 469 g/mol. The fourth-order valence-corrected chi connectivity index (χ4v) is 3.87. The van der Waals surface area contributed by atoms with Crippen molar-refractivity contribution in [2.75, 3.05) is 16.4 Å². The first-order chi connectivity index (χ1) is 16.6. The summed E-state index contributed by atoms with van der Waals surface area (Å²) in [6, 6.07) is 26.3. The third kappa shape index (κ3) is 6.20. The van der Waals surface area contributed by atoms with Gasteiger partial charge >= 0.3 is 0 Å². The molecule has 7 nitrogen and oxygen atoms in total. The standard InChI is InChI=1S/C26H23N5O2S/c1-31-25(29-30-26(31)34-18-24(33)28-21-10-6-3-7-11-21)20-13-15-22(16-14-20)27-23(32)17-12-19-8-4-2-5-9-19/h2-17H,18H2,1H3,(H,27,32)(H,28,33)/b17-12+. The lowest BCUT2D eigenvalue weighted by molar-refractivity contribution is -0.114. The molecule has 0 bridgehead atoms. The molecule has 1 aromatic heterocycles. The Morgan fingerprint density at radius 2 is 1.50 bits per heavy atom. The molecule has 0 aliphatic heterocycles. The number of carbonyl (C=O) groups is 2. The molecule has 0 radical (unpaired) electrons. The van der Waals surface area contributed by atoms with Crippen LogP contribution in [0.1, 0.15) is 5.56 Å². The SMILES string of the molecule is Cn1c(SCC(=O)Nc2ccccc2)nnc1-c1ccc(NC(=O)/C=C/c2ccccc2)cc1. The van der Waals surface area contributed by atoms with Crippen molar-refractivity contribution in [3.63, 3.8) is 0 Å². The normalized spacial score (nSPS) is 10.9. The van der Waals surface area contributed by atoms with E-state index in [1.54, 1.807) is 6.08 Å². The molecule has 4 aromatic rings. The highest BCUT2D eigenvalue weighted by atomic mass is 32.2. The number of thioether (sulfide) groups is 1. The molecule has 0 saturated heterocycles. The average molecular weight is 470 g/mol. The van der Waals surface area contributed by atoms with Gasteiger partial charge in [-0.05, 0) is 48.0 Å². The van der Waals surface area contributed by atoms with Crippen molar-refractivity contribution in [2.45, 2.75) is 5.16 Å². The smallest absolute Gasteiger partial charge is 0.248 e. The third-order valence-electron chi connectivity index (χ3n) is 4.86. The summed E-state index contributed by atoms with van der Waals surface area (Å²) in [5.41, 5.74) is 3.25. The van der Waals surface area contributed by atoms with Gasteiger partial charge in [0.15, 0.2) is 11.0 Å². The van der Waals surface area contributed by atoms with Crippen LogP contribution >= 0.6 is 11.8 Å². The van der Waals surface area contributed by atoms with Crippen molar-refractivity contribution in [2.24, 2.45) is 7.05 Å². The Morgan fingerprint density at radius 1 is 0.853 bits per heavy atom. The second kappa shape index (κ2) is 11.1. The molecule has 1 heterocycles.